The van der Waals surface area contributed by atoms with E-state index in [0.717, 1.165) is 12.3 Å². The van der Waals surface area contributed by atoms with E-state index in [4.69, 9.17) is 0 Å². The summed E-state index contributed by atoms with van der Waals surface area (Å²) in [5.74, 6) is 0.867. The summed E-state index contributed by atoms with van der Waals surface area (Å²) in [6, 6.07) is 1.03. The lowest BCUT2D eigenvalue weighted by atomic mass is 9.82. The zero-order valence-electron chi connectivity index (χ0n) is 10.6. The summed E-state index contributed by atoms with van der Waals surface area (Å²) in [5.41, 5.74) is 0. The van der Waals surface area contributed by atoms with Crippen LogP contribution < -0.4 is 5.32 Å². The molecule has 2 fully saturated rings. The van der Waals surface area contributed by atoms with Crippen LogP contribution in [0.4, 0.5) is 0 Å². The molecule has 3 atom stereocenters. The Balaban J connectivity index is 1.83. The van der Waals surface area contributed by atoms with E-state index in [9.17, 15) is 5.11 Å². The molecule has 0 aromatic heterocycles. The molecule has 0 aromatic rings. The maximum absolute atomic E-state index is 9.87. The van der Waals surface area contributed by atoms with Crippen LogP contribution >= 0.6 is 0 Å². The highest BCUT2D eigenvalue weighted by Gasteiger charge is 2.30. The van der Waals surface area contributed by atoms with Gasteiger partial charge in [-0.15, -0.1) is 0 Å². The minimum atomic E-state index is -0.0855. The Labute approximate surface area is 99.8 Å². The van der Waals surface area contributed by atoms with Gasteiger partial charge in [-0.3, -0.25) is 0 Å². The molecular formula is C14H27NO. The van der Waals surface area contributed by atoms with Crippen molar-refractivity contribution in [1.29, 1.82) is 0 Å². The summed E-state index contributed by atoms with van der Waals surface area (Å²) in [4.78, 5) is 0. The van der Waals surface area contributed by atoms with Crippen LogP contribution in [0.3, 0.4) is 0 Å². The van der Waals surface area contributed by atoms with E-state index in [1.165, 1.54) is 51.4 Å². The van der Waals surface area contributed by atoms with Gasteiger partial charge in [-0.25, -0.2) is 0 Å². The average Bonchev–Trinajstić information content (AvgIpc) is 2.73. The molecule has 0 spiro atoms. The molecule has 0 aromatic carbocycles. The highest BCUT2D eigenvalue weighted by atomic mass is 16.3. The molecule has 94 valence electrons. The van der Waals surface area contributed by atoms with Gasteiger partial charge < -0.3 is 10.4 Å². The smallest absolute Gasteiger partial charge is 0.0693 e. The highest BCUT2D eigenvalue weighted by molar-refractivity contribution is 4.88. The SMILES string of the molecule is CCC(N[C@H]1CCC[C@@H]1O)C1CCCCC1. The van der Waals surface area contributed by atoms with E-state index in [1.54, 1.807) is 0 Å². The molecule has 0 bridgehead atoms. The first-order chi connectivity index (χ1) is 7.81. The van der Waals surface area contributed by atoms with Crippen LogP contribution in [-0.2, 0) is 0 Å². The van der Waals surface area contributed by atoms with Crippen LogP contribution in [0.5, 0.6) is 0 Å². The first kappa shape index (κ1) is 12.4. The second-order valence-electron chi connectivity index (χ2n) is 5.68. The van der Waals surface area contributed by atoms with Gasteiger partial charge in [-0.05, 0) is 44.4 Å². The number of aliphatic hydroxyl groups is 1. The van der Waals surface area contributed by atoms with E-state index in [0.29, 0.717) is 12.1 Å². The zero-order valence-corrected chi connectivity index (χ0v) is 10.6. The largest absolute Gasteiger partial charge is 0.392 e. The van der Waals surface area contributed by atoms with Crippen molar-refractivity contribution < 1.29 is 5.11 Å². The molecule has 0 saturated heterocycles. The third-order valence-corrected chi connectivity index (χ3v) is 4.57. The number of hydrogen-bond donors (Lipinski definition) is 2. The van der Waals surface area contributed by atoms with E-state index >= 15 is 0 Å². The minimum absolute atomic E-state index is 0.0855. The van der Waals surface area contributed by atoms with Gasteiger partial charge in [0.05, 0.1) is 6.10 Å². The van der Waals surface area contributed by atoms with Gasteiger partial charge in [0.2, 0.25) is 0 Å². The number of rotatable bonds is 4. The maximum atomic E-state index is 9.87. The van der Waals surface area contributed by atoms with E-state index < -0.39 is 0 Å². The van der Waals surface area contributed by atoms with Gasteiger partial charge in [-0.1, -0.05) is 26.2 Å². The van der Waals surface area contributed by atoms with Crippen molar-refractivity contribution in [2.75, 3.05) is 0 Å². The fourth-order valence-corrected chi connectivity index (χ4v) is 3.53. The molecule has 16 heavy (non-hydrogen) atoms. The first-order valence-corrected chi connectivity index (χ1v) is 7.25. The third kappa shape index (κ3) is 2.98. The number of nitrogens with one attached hydrogen (secondary N) is 1. The van der Waals surface area contributed by atoms with Crippen LogP contribution in [0.2, 0.25) is 0 Å². The monoisotopic (exact) mass is 225 g/mol. The van der Waals surface area contributed by atoms with Crippen LogP contribution in [0.25, 0.3) is 0 Å². The first-order valence-electron chi connectivity index (χ1n) is 7.25. The molecule has 1 unspecified atom stereocenters. The van der Waals surface area contributed by atoms with Crippen molar-refractivity contribution in [1.82, 2.24) is 5.32 Å². The average molecular weight is 225 g/mol. The van der Waals surface area contributed by atoms with Crippen LogP contribution in [0.15, 0.2) is 0 Å². The summed E-state index contributed by atoms with van der Waals surface area (Å²) in [7, 11) is 0. The van der Waals surface area contributed by atoms with E-state index in [1.807, 2.05) is 0 Å². The summed E-state index contributed by atoms with van der Waals surface area (Å²) >= 11 is 0. The molecule has 0 amide bonds. The van der Waals surface area contributed by atoms with Crippen LogP contribution in [-0.4, -0.2) is 23.3 Å². The molecule has 2 saturated carbocycles. The minimum Gasteiger partial charge on any atom is -0.392 e. The normalized spacial score (nSPS) is 34.1. The lowest BCUT2D eigenvalue weighted by Crippen LogP contribution is -2.46. The summed E-state index contributed by atoms with van der Waals surface area (Å²) < 4.78 is 0. The Morgan fingerprint density at radius 3 is 2.38 bits per heavy atom. The topological polar surface area (TPSA) is 32.3 Å². The van der Waals surface area contributed by atoms with Crippen LogP contribution in [0.1, 0.15) is 64.7 Å². The molecular weight excluding hydrogens is 198 g/mol. The Morgan fingerprint density at radius 2 is 1.81 bits per heavy atom. The van der Waals surface area contributed by atoms with Gasteiger partial charge in [0.25, 0.3) is 0 Å². The second kappa shape index (κ2) is 6.02. The Hall–Kier alpha value is -0.0800. The van der Waals surface area contributed by atoms with Crippen molar-refractivity contribution in [3.63, 3.8) is 0 Å². The predicted molar refractivity (Wildman–Crippen MR) is 67.4 cm³/mol. The predicted octanol–water partition coefficient (Wildman–Crippen LogP) is 2.85. The third-order valence-electron chi connectivity index (χ3n) is 4.57. The van der Waals surface area contributed by atoms with Gasteiger partial charge in [0, 0.05) is 12.1 Å². The van der Waals surface area contributed by atoms with E-state index in [-0.39, 0.29) is 6.10 Å². The van der Waals surface area contributed by atoms with Gasteiger partial charge in [-0.2, -0.15) is 0 Å². The molecule has 2 nitrogen and oxygen atoms in total. The second-order valence-corrected chi connectivity index (χ2v) is 5.68. The summed E-state index contributed by atoms with van der Waals surface area (Å²) in [6.07, 6.45) is 11.5. The van der Waals surface area contributed by atoms with Crippen molar-refractivity contribution in [2.45, 2.75) is 82.9 Å². The van der Waals surface area contributed by atoms with Crippen LogP contribution in [0, 0.1) is 5.92 Å². The van der Waals surface area contributed by atoms with Crippen molar-refractivity contribution in [3.05, 3.63) is 0 Å². The standard InChI is InChI=1S/C14H27NO/c1-2-12(11-7-4-3-5-8-11)15-13-9-6-10-14(13)16/h11-16H,2-10H2,1H3/t12?,13-,14-/m0/s1. The molecule has 2 N–H and O–H groups in total. The zero-order chi connectivity index (χ0) is 11.4. The fraction of sp³-hybridized carbons (Fsp3) is 1.00. The molecule has 0 radical (unpaired) electrons. The molecule has 2 aliphatic carbocycles. The molecule has 0 heterocycles. The summed E-state index contributed by atoms with van der Waals surface area (Å²) in [5, 5.41) is 13.6. The number of hydrogen-bond acceptors (Lipinski definition) is 2. The van der Waals surface area contributed by atoms with Gasteiger partial charge in [0.1, 0.15) is 0 Å². The maximum Gasteiger partial charge on any atom is 0.0693 e. The van der Waals surface area contributed by atoms with Gasteiger partial charge in [0.15, 0.2) is 0 Å². The molecule has 2 aliphatic rings. The number of aliphatic hydroxyl groups excluding tert-OH is 1. The Kier molecular flexibility index (Phi) is 4.66. The van der Waals surface area contributed by atoms with Gasteiger partial charge >= 0.3 is 0 Å². The Bertz CT molecular complexity index is 201. The Morgan fingerprint density at radius 1 is 1.06 bits per heavy atom. The molecule has 0 aliphatic heterocycles. The summed E-state index contributed by atoms with van der Waals surface area (Å²) in [6.45, 7) is 2.29. The lowest BCUT2D eigenvalue weighted by molar-refractivity contribution is 0.129. The molecule has 2 rings (SSSR count). The molecule has 2 heteroatoms. The van der Waals surface area contributed by atoms with Crippen molar-refractivity contribution in [3.8, 4) is 0 Å². The highest BCUT2D eigenvalue weighted by Crippen LogP contribution is 2.29. The lowest BCUT2D eigenvalue weighted by Gasteiger charge is -2.33. The fourth-order valence-electron chi connectivity index (χ4n) is 3.53. The van der Waals surface area contributed by atoms with Crippen molar-refractivity contribution in [2.24, 2.45) is 5.92 Å². The van der Waals surface area contributed by atoms with Crippen molar-refractivity contribution >= 4 is 0 Å². The quantitative estimate of drug-likeness (QED) is 0.771. The van der Waals surface area contributed by atoms with E-state index in [2.05, 4.69) is 12.2 Å².